The van der Waals surface area contributed by atoms with Crippen LogP contribution in [0.4, 0.5) is 11.4 Å². The van der Waals surface area contributed by atoms with Crippen molar-refractivity contribution in [3.8, 4) is 5.75 Å². The fourth-order valence-corrected chi connectivity index (χ4v) is 3.11. The van der Waals surface area contributed by atoms with E-state index < -0.39 is 0 Å². The highest BCUT2D eigenvalue weighted by molar-refractivity contribution is 6.35. The van der Waals surface area contributed by atoms with E-state index in [-0.39, 0.29) is 12.4 Å². The topological polar surface area (TPSA) is 58.6 Å². The molecule has 28 heavy (non-hydrogen) atoms. The van der Waals surface area contributed by atoms with Gasteiger partial charge in [0.2, 0.25) is 0 Å². The Morgan fingerprint density at radius 2 is 1.79 bits per heavy atom. The summed E-state index contributed by atoms with van der Waals surface area (Å²) in [6, 6.07) is 20.3. The number of carbonyl (C=O) groups excluding carboxylic acids is 1. The molecule has 5 heteroatoms. The predicted octanol–water partition coefficient (Wildman–Crippen LogP) is 5.38. The summed E-state index contributed by atoms with van der Waals surface area (Å²) in [7, 11) is 0. The van der Waals surface area contributed by atoms with Crippen LogP contribution in [0, 0.1) is 6.92 Å². The van der Waals surface area contributed by atoms with Crippen molar-refractivity contribution in [3.63, 3.8) is 0 Å². The molecule has 0 radical (unpaired) electrons. The molecule has 0 aliphatic rings. The first kappa shape index (κ1) is 19.9. The molecule has 0 atom stereocenters. The van der Waals surface area contributed by atoms with Crippen LogP contribution in [-0.2, 0) is 0 Å². The minimum absolute atomic E-state index is 0.0849. The normalized spacial score (nSPS) is 10.5. The van der Waals surface area contributed by atoms with Gasteiger partial charge in [0.05, 0.1) is 17.3 Å². The summed E-state index contributed by atoms with van der Waals surface area (Å²) in [5.41, 5.74) is 3.57. The third-order valence-electron chi connectivity index (χ3n) is 4.33. The second kappa shape index (κ2) is 9.40. The Kier molecular flexibility index (Phi) is 6.69. The monoisotopic (exact) mass is 395 g/mol. The maximum Gasteiger partial charge on any atom is 0.194 e. The highest BCUT2D eigenvalue weighted by Crippen LogP contribution is 2.30. The van der Waals surface area contributed by atoms with E-state index in [2.05, 4.69) is 5.32 Å². The Balaban J connectivity index is 1.80. The van der Waals surface area contributed by atoms with Gasteiger partial charge in [0.1, 0.15) is 5.75 Å². The van der Waals surface area contributed by atoms with Crippen molar-refractivity contribution in [1.29, 1.82) is 0 Å². The number of nitrogens with one attached hydrogen (secondary N) is 1. The van der Waals surface area contributed by atoms with Gasteiger partial charge in [0, 0.05) is 29.8 Å². The first-order valence-corrected chi connectivity index (χ1v) is 9.47. The average Bonchev–Trinajstić information content (AvgIpc) is 2.69. The zero-order valence-electron chi connectivity index (χ0n) is 15.6. The van der Waals surface area contributed by atoms with Crippen LogP contribution in [0.3, 0.4) is 0 Å². The zero-order chi connectivity index (χ0) is 19.9. The van der Waals surface area contributed by atoms with Crippen molar-refractivity contribution in [2.45, 2.75) is 13.3 Å². The number of ether oxygens (including phenoxy) is 1. The molecular formula is C23H22ClNO3. The molecule has 0 aliphatic heterocycles. The van der Waals surface area contributed by atoms with Crippen LogP contribution in [-0.4, -0.2) is 24.1 Å². The van der Waals surface area contributed by atoms with Gasteiger partial charge in [-0.05, 0) is 42.8 Å². The van der Waals surface area contributed by atoms with Crippen LogP contribution in [0.25, 0.3) is 0 Å². The van der Waals surface area contributed by atoms with Crippen molar-refractivity contribution in [2.24, 2.45) is 0 Å². The third-order valence-corrected chi connectivity index (χ3v) is 4.64. The van der Waals surface area contributed by atoms with Gasteiger partial charge in [-0.3, -0.25) is 4.79 Å². The van der Waals surface area contributed by atoms with Gasteiger partial charge in [0.15, 0.2) is 5.78 Å². The van der Waals surface area contributed by atoms with E-state index >= 15 is 0 Å². The molecule has 0 aromatic heterocycles. The van der Waals surface area contributed by atoms with Gasteiger partial charge < -0.3 is 15.2 Å². The quantitative estimate of drug-likeness (QED) is 0.397. The van der Waals surface area contributed by atoms with Crippen molar-refractivity contribution in [3.05, 3.63) is 88.4 Å². The lowest BCUT2D eigenvalue weighted by Crippen LogP contribution is -2.05. The number of hydrogen-bond donors (Lipinski definition) is 2. The molecule has 3 aromatic rings. The molecule has 4 nitrogen and oxygen atoms in total. The van der Waals surface area contributed by atoms with E-state index in [1.807, 2.05) is 55.5 Å². The number of halogens is 1. The van der Waals surface area contributed by atoms with Crippen molar-refractivity contribution in [2.75, 3.05) is 18.5 Å². The summed E-state index contributed by atoms with van der Waals surface area (Å²) in [5, 5.41) is 12.6. The van der Waals surface area contributed by atoms with Crippen molar-refractivity contribution >= 4 is 28.8 Å². The first-order chi connectivity index (χ1) is 13.6. The molecule has 2 N–H and O–H groups in total. The Bertz CT molecular complexity index is 972. The number of hydrogen-bond acceptors (Lipinski definition) is 4. The molecule has 0 amide bonds. The van der Waals surface area contributed by atoms with Gasteiger partial charge in [-0.25, -0.2) is 0 Å². The first-order valence-electron chi connectivity index (χ1n) is 9.09. The maximum atomic E-state index is 12.8. The van der Waals surface area contributed by atoms with Crippen LogP contribution in [0.1, 0.15) is 27.9 Å². The number of aliphatic hydroxyl groups excluding tert-OH is 1. The number of benzene rings is 3. The molecule has 144 valence electrons. The maximum absolute atomic E-state index is 12.8. The van der Waals surface area contributed by atoms with Crippen LogP contribution in [0.5, 0.6) is 5.75 Å². The molecule has 0 aliphatic carbocycles. The van der Waals surface area contributed by atoms with Gasteiger partial charge in [-0.1, -0.05) is 48.0 Å². The SMILES string of the molecule is Cc1ccccc1C(=O)c1ccc(Nc2ccccc2OCCCO)cc1Cl. The van der Waals surface area contributed by atoms with E-state index in [1.54, 1.807) is 18.2 Å². The second-order valence-corrected chi connectivity index (χ2v) is 6.79. The molecule has 3 rings (SSSR count). The Hall–Kier alpha value is -2.82. The standard InChI is InChI=1S/C23H22ClNO3/c1-16-7-2-3-8-18(16)23(27)19-12-11-17(15-20(19)24)25-21-9-4-5-10-22(21)28-14-6-13-26/h2-5,7-12,15,25-26H,6,13-14H2,1H3. The predicted molar refractivity (Wildman–Crippen MR) is 113 cm³/mol. The van der Waals surface area contributed by atoms with E-state index in [9.17, 15) is 4.79 Å². The lowest BCUT2D eigenvalue weighted by molar-refractivity contribution is 0.103. The molecule has 0 heterocycles. The molecular weight excluding hydrogens is 374 g/mol. The smallest absolute Gasteiger partial charge is 0.194 e. The minimum atomic E-state index is -0.0950. The minimum Gasteiger partial charge on any atom is -0.491 e. The molecule has 0 bridgehead atoms. The summed E-state index contributed by atoms with van der Waals surface area (Å²) in [4.78, 5) is 12.8. The molecule has 3 aromatic carbocycles. The number of rotatable bonds is 8. The van der Waals surface area contributed by atoms with Crippen LogP contribution >= 0.6 is 11.6 Å². The van der Waals surface area contributed by atoms with Crippen molar-refractivity contribution < 1.29 is 14.6 Å². The number of anilines is 2. The highest BCUT2D eigenvalue weighted by Gasteiger charge is 2.15. The van der Waals surface area contributed by atoms with Crippen molar-refractivity contribution in [1.82, 2.24) is 0 Å². The highest BCUT2D eigenvalue weighted by atomic mass is 35.5. The molecule has 0 saturated heterocycles. The lowest BCUT2D eigenvalue weighted by Gasteiger charge is -2.14. The summed E-state index contributed by atoms with van der Waals surface area (Å²) < 4.78 is 5.70. The van der Waals surface area contributed by atoms with Crippen LogP contribution < -0.4 is 10.1 Å². The van der Waals surface area contributed by atoms with Gasteiger partial charge in [-0.2, -0.15) is 0 Å². The molecule has 0 saturated carbocycles. The number of ketones is 1. The average molecular weight is 396 g/mol. The molecule has 0 unspecified atom stereocenters. The van der Waals surface area contributed by atoms with Crippen LogP contribution in [0.2, 0.25) is 5.02 Å². The van der Waals surface area contributed by atoms with Crippen LogP contribution in [0.15, 0.2) is 66.7 Å². The summed E-state index contributed by atoms with van der Waals surface area (Å²) in [5.74, 6) is 0.592. The number of carbonyl (C=O) groups is 1. The van der Waals surface area contributed by atoms with E-state index in [4.69, 9.17) is 21.4 Å². The summed E-state index contributed by atoms with van der Waals surface area (Å²) in [6.45, 7) is 2.42. The van der Waals surface area contributed by atoms with Gasteiger partial charge >= 0.3 is 0 Å². The zero-order valence-corrected chi connectivity index (χ0v) is 16.4. The number of aliphatic hydroxyl groups is 1. The number of para-hydroxylation sites is 2. The number of aryl methyl sites for hydroxylation is 1. The fraction of sp³-hybridized carbons (Fsp3) is 0.174. The molecule has 0 spiro atoms. The fourth-order valence-electron chi connectivity index (χ4n) is 2.85. The largest absolute Gasteiger partial charge is 0.491 e. The Labute approximate surface area is 169 Å². The van der Waals surface area contributed by atoms with E-state index in [1.165, 1.54) is 0 Å². The second-order valence-electron chi connectivity index (χ2n) is 6.39. The van der Waals surface area contributed by atoms with Gasteiger partial charge in [-0.15, -0.1) is 0 Å². The summed E-state index contributed by atoms with van der Waals surface area (Å²) >= 11 is 6.42. The Morgan fingerprint density at radius 3 is 2.54 bits per heavy atom. The Morgan fingerprint density at radius 1 is 1.04 bits per heavy atom. The summed E-state index contributed by atoms with van der Waals surface area (Å²) in [6.07, 6.45) is 0.565. The molecule has 0 fully saturated rings. The van der Waals surface area contributed by atoms with E-state index in [0.29, 0.717) is 34.9 Å². The lowest BCUT2D eigenvalue weighted by atomic mass is 9.99. The van der Waals surface area contributed by atoms with Gasteiger partial charge in [0.25, 0.3) is 0 Å². The van der Waals surface area contributed by atoms with E-state index in [0.717, 1.165) is 16.9 Å². The third kappa shape index (κ3) is 4.71.